The number of hydrogen-bond donors (Lipinski definition) is 0. The summed E-state index contributed by atoms with van der Waals surface area (Å²) in [4.78, 5) is 26.2. The third kappa shape index (κ3) is 3.83. The Labute approximate surface area is 173 Å². The number of ether oxygens (including phenoxy) is 3. The number of hydrogen-bond acceptors (Lipinski definition) is 6. The number of methoxy groups -OCH3 is 2. The molecule has 0 N–H and O–H groups in total. The number of nitrogens with zero attached hydrogens (tertiary/aromatic N) is 1. The van der Waals surface area contributed by atoms with Gasteiger partial charge in [0, 0.05) is 30.6 Å². The molecule has 0 aliphatic carbocycles. The predicted molar refractivity (Wildman–Crippen MR) is 111 cm³/mol. The molecule has 7 heteroatoms. The van der Waals surface area contributed by atoms with Crippen molar-refractivity contribution in [3.63, 3.8) is 0 Å². The summed E-state index contributed by atoms with van der Waals surface area (Å²) in [7, 11) is 3.21. The molecule has 2 heterocycles. The highest BCUT2D eigenvalue weighted by Gasteiger charge is 2.27. The Kier molecular flexibility index (Phi) is 5.35. The van der Waals surface area contributed by atoms with Gasteiger partial charge in [0.15, 0.2) is 17.6 Å². The molecule has 156 valence electrons. The molecule has 4 rings (SSSR count). The van der Waals surface area contributed by atoms with Crippen molar-refractivity contribution in [3.8, 4) is 17.2 Å². The Bertz CT molecular complexity index is 1150. The quantitative estimate of drug-likeness (QED) is 0.603. The Morgan fingerprint density at radius 2 is 1.73 bits per heavy atom. The SMILES string of the molecule is COc1cc2c(cc1OC)CN(C(=O)C(C)Oc1ccc3ccc(=O)oc3c1)CC2. The molecular formula is C23H23NO6. The minimum Gasteiger partial charge on any atom is -0.493 e. The van der Waals surface area contributed by atoms with Crippen molar-refractivity contribution >= 4 is 16.9 Å². The molecule has 3 aromatic rings. The van der Waals surface area contributed by atoms with Crippen LogP contribution >= 0.6 is 0 Å². The maximum Gasteiger partial charge on any atom is 0.336 e. The summed E-state index contributed by atoms with van der Waals surface area (Å²) >= 11 is 0. The molecule has 7 nitrogen and oxygen atoms in total. The van der Waals surface area contributed by atoms with Crippen LogP contribution in [-0.4, -0.2) is 37.7 Å². The van der Waals surface area contributed by atoms with Gasteiger partial charge in [-0.25, -0.2) is 4.79 Å². The normalized spacial score (nSPS) is 14.2. The topological polar surface area (TPSA) is 78.2 Å². The first-order chi connectivity index (χ1) is 14.5. The number of carbonyl (C=O) groups is 1. The first-order valence-electron chi connectivity index (χ1n) is 9.71. The average molecular weight is 409 g/mol. The van der Waals surface area contributed by atoms with Gasteiger partial charge in [-0.15, -0.1) is 0 Å². The van der Waals surface area contributed by atoms with Gasteiger partial charge in [-0.1, -0.05) is 0 Å². The maximum absolute atomic E-state index is 13.0. The fraction of sp³-hybridized carbons (Fsp3) is 0.304. The van der Waals surface area contributed by atoms with E-state index in [-0.39, 0.29) is 5.91 Å². The van der Waals surface area contributed by atoms with E-state index in [1.807, 2.05) is 12.1 Å². The van der Waals surface area contributed by atoms with Crippen LogP contribution < -0.4 is 19.8 Å². The Morgan fingerprint density at radius 3 is 2.47 bits per heavy atom. The molecule has 0 spiro atoms. The van der Waals surface area contributed by atoms with Crippen LogP contribution in [0.5, 0.6) is 17.2 Å². The summed E-state index contributed by atoms with van der Waals surface area (Å²) in [6.07, 6.45) is 0.0505. The Balaban J connectivity index is 1.49. The van der Waals surface area contributed by atoms with Crippen LogP contribution in [0.25, 0.3) is 11.0 Å². The molecule has 2 aromatic carbocycles. The minimum atomic E-state index is -0.681. The zero-order valence-electron chi connectivity index (χ0n) is 17.1. The van der Waals surface area contributed by atoms with E-state index in [2.05, 4.69) is 0 Å². The molecule has 1 atom stereocenters. The number of fused-ring (bicyclic) bond motifs is 2. The molecule has 0 radical (unpaired) electrons. The zero-order valence-corrected chi connectivity index (χ0v) is 17.1. The van der Waals surface area contributed by atoms with Crippen molar-refractivity contribution in [2.75, 3.05) is 20.8 Å². The standard InChI is InChI=1S/C23H23NO6/c1-14(29-18-6-4-15-5-7-22(25)30-19(15)12-18)23(26)24-9-8-16-10-20(27-2)21(28-3)11-17(16)13-24/h4-7,10-12,14H,8-9,13H2,1-3H3. The lowest BCUT2D eigenvalue weighted by Crippen LogP contribution is -2.43. The van der Waals surface area contributed by atoms with E-state index in [0.29, 0.717) is 35.9 Å². The number of carbonyl (C=O) groups excluding carboxylic acids is 1. The highest BCUT2D eigenvalue weighted by Crippen LogP contribution is 2.33. The molecule has 1 amide bonds. The van der Waals surface area contributed by atoms with Gasteiger partial charge in [-0.3, -0.25) is 4.79 Å². The Hall–Kier alpha value is -3.48. The van der Waals surface area contributed by atoms with Crippen LogP contribution in [0.2, 0.25) is 0 Å². The van der Waals surface area contributed by atoms with Crippen LogP contribution in [0, 0.1) is 0 Å². The lowest BCUT2D eigenvalue weighted by atomic mass is 9.98. The van der Waals surface area contributed by atoms with Gasteiger partial charge in [0.2, 0.25) is 0 Å². The fourth-order valence-corrected chi connectivity index (χ4v) is 3.70. The Morgan fingerprint density at radius 1 is 1.03 bits per heavy atom. The van der Waals surface area contributed by atoms with Gasteiger partial charge in [0.05, 0.1) is 14.2 Å². The zero-order chi connectivity index (χ0) is 21.3. The first-order valence-corrected chi connectivity index (χ1v) is 9.71. The number of benzene rings is 2. The van der Waals surface area contributed by atoms with Crippen molar-refractivity contribution in [2.45, 2.75) is 26.0 Å². The molecule has 1 aromatic heterocycles. The summed E-state index contributed by atoms with van der Waals surface area (Å²) in [6.45, 7) is 2.80. The molecule has 1 unspecified atom stereocenters. The van der Waals surface area contributed by atoms with Gasteiger partial charge >= 0.3 is 5.63 Å². The largest absolute Gasteiger partial charge is 0.493 e. The van der Waals surface area contributed by atoms with Crippen molar-refractivity contribution in [1.82, 2.24) is 4.90 Å². The van der Waals surface area contributed by atoms with E-state index >= 15 is 0 Å². The average Bonchev–Trinajstić information content (AvgIpc) is 2.76. The van der Waals surface area contributed by atoms with Crippen molar-refractivity contribution in [3.05, 3.63) is 64.0 Å². The van der Waals surface area contributed by atoms with Crippen molar-refractivity contribution in [2.24, 2.45) is 0 Å². The van der Waals surface area contributed by atoms with Crippen LogP contribution in [0.4, 0.5) is 0 Å². The molecule has 1 aliphatic heterocycles. The summed E-state index contributed by atoms with van der Waals surface area (Å²) in [5, 5.41) is 0.790. The molecule has 30 heavy (non-hydrogen) atoms. The monoisotopic (exact) mass is 409 g/mol. The molecule has 0 saturated carbocycles. The van der Waals surface area contributed by atoms with Crippen LogP contribution in [-0.2, 0) is 17.8 Å². The van der Waals surface area contributed by atoms with Crippen molar-refractivity contribution in [1.29, 1.82) is 0 Å². The van der Waals surface area contributed by atoms with E-state index < -0.39 is 11.7 Å². The van der Waals surface area contributed by atoms with Gasteiger partial charge < -0.3 is 23.5 Å². The summed E-state index contributed by atoms with van der Waals surface area (Å²) in [5.41, 5.74) is 2.18. The van der Waals surface area contributed by atoms with Gasteiger partial charge in [-0.05, 0) is 54.8 Å². The number of amides is 1. The first kappa shape index (κ1) is 19.8. The van der Waals surface area contributed by atoms with Gasteiger partial charge in [-0.2, -0.15) is 0 Å². The smallest absolute Gasteiger partial charge is 0.336 e. The van der Waals surface area contributed by atoms with Crippen LogP contribution in [0.1, 0.15) is 18.1 Å². The van der Waals surface area contributed by atoms with E-state index in [1.54, 1.807) is 50.3 Å². The second-order valence-corrected chi connectivity index (χ2v) is 7.20. The lowest BCUT2D eigenvalue weighted by Gasteiger charge is -2.31. The summed E-state index contributed by atoms with van der Waals surface area (Å²) < 4.78 is 21.8. The maximum atomic E-state index is 13.0. The summed E-state index contributed by atoms with van der Waals surface area (Å²) in [5.74, 6) is 1.70. The van der Waals surface area contributed by atoms with Gasteiger partial charge in [0.1, 0.15) is 11.3 Å². The van der Waals surface area contributed by atoms with E-state index in [4.69, 9.17) is 18.6 Å². The van der Waals surface area contributed by atoms with Crippen molar-refractivity contribution < 1.29 is 23.4 Å². The molecule has 0 fully saturated rings. The minimum absolute atomic E-state index is 0.106. The lowest BCUT2D eigenvalue weighted by molar-refractivity contribution is -0.138. The fourth-order valence-electron chi connectivity index (χ4n) is 3.70. The van der Waals surface area contributed by atoms with E-state index in [1.165, 1.54) is 6.07 Å². The van der Waals surface area contributed by atoms with E-state index in [0.717, 1.165) is 22.9 Å². The molecule has 0 saturated heterocycles. The summed E-state index contributed by atoms with van der Waals surface area (Å²) in [6, 6.07) is 12.1. The third-order valence-corrected chi connectivity index (χ3v) is 5.28. The second-order valence-electron chi connectivity index (χ2n) is 7.20. The van der Waals surface area contributed by atoms with Crippen LogP contribution in [0.3, 0.4) is 0 Å². The second kappa shape index (κ2) is 8.10. The third-order valence-electron chi connectivity index (χ3n) is 5.28. The highest BCUT2D eigenvalue weighted by atomic mass is 16.5. The number of rotatable bonds is 5. The van der Waals surface area contributed by atoms with Crippen LogP contribution in [0.15, 0.2) is 51.7 Å². The predicted octanol–water partition coefficient (Wildman–Crippen LogP) is 3.16. The molecule has 1 aliphatic rings. The molecule has 0 bridgehead atoms. The highest BCUT2D eigenvalue weighted by molar-refractivity contribution is 5.82. The van der Waals surface area contributed by atoms with E-state index in [9.17, 15) is 9.59 Å². The van der Waals surface area contributed by atoms with Gasteiger partial charge in [0.25, 0.3) is 5.91 Å². The molecular weight excluding hydrogens is 386 g/mol.